The zero-order chi connectivity index (χ0) is 16.7. The van der Waals surface area contributed by atoms with Crippen molar-refractivity contribution in [1.82, 2.24) is 19.5 Å². The fraction of sp³-hybridized carbons (Fsp3) is 0.500. The number of ether oxygens (including phenoxy) is 1. The number of rotatable bonds is 5. The molecule has 0 aliphatic heterocycles. The number of allylic oxidation sites excluding steroid dienone is 2. The van der Waals surface area contributed by atoms with Crippen molar-refractivity contribution in [2.24, 2.45) is 5.92 Å². The molecule has 1 saturated carbocycles. The number of nitrogens with zero attached hydrogens (tertiary/aromatic N) is 4. The number of methoxy groups -OCH3 is 1. The van der Waals surface area contributed by atoms with E-state index in [4.69, 9.17) is 10.5 Å². The van der Waals surface area contributed by atoms with Gasteiger partial charge in [-0.2, -0.15) is 9.97 Å². The molecule has 0 unspecified atom stereocenters. The van der Waals surface area contributed by atoms with Gasteiger partial charge in [-0.05, 0) is 25.2 Å². The molecule has 4 rings (SSSR count). The average molecular weight is 328 g/mol. The number of hydrogen-bond acceptors (Lipinski definition) is 7. The van der Waals surface area contributed by atoms with Gasteiger partial charge < -0.3 is 20.4 Å². The Kier molecular flexibility index (Phi) is 3.59. The Labute approximate surface area is 139 Å². The van der Waals surface area contributed by atoms with E-state index in [9.17, 15) is 4.79 Å². The van der Waals surface area contributed by atoms with Gasteiger partial charge in [0, 0.05) is 6.04 Å². The maximum Gasteiger partial charge on any atom is 0.306 e. The van der Waals surface area contributed by atoms with Crippen LogP contribution in [0, 0.1) is 5.92 Å². The molecule has 0 spiro atoms. The maximum atomic E-state index is 11.5. The summed E-state index contributed by atoms with van der Waals surface area (Å²) < 4.78 is 6.74. The van der Waals surface area contributed by atoms with Gasteiger partial charge in [-0.3, -0.25) is 4.79 Å². The fourth-order valence-corrected chi connectivity index (χ4v) is 3.11. The van der Waals surface area contributed by atoms with Gasteiger partial charge >= 0.3 is 5.97 Å². The Morgan fingerprint density at radius 1 is 1.42 bits per heavy atom. The summed E-state index contributed by atoms with van der Waals surface area (Å²) in [5.41, 5.74) is 7.33. The normalized spacial score (nSPS) is 22.9. The summed E-state index contributed by atoms with van der Waals surface area (Å²) in [4.78, 5) is 24.6. The first-order valence-corrected chi connectivity index (χ1v) is 8.15. The van der Waals surface area contributed by atoms with Crippen molar-refractivity contribution in [2.45, 2.75) is 37.8 Å². The van der Waals surface area contributed by atoms with E-state index in [0.717, 1.165) is 30.4 Å². The lowest BCUT2D eigenvalue weighted by Gasteiger charge is -2.14. The van der Waals surface area contributed by atoms with Crippen molar-refractivity contribution in [3.8, 4) is 0 Å². The minimum atomic E-state index is -0.191. The quantitative estimate of drug-likeness (QED) is 0.635. The van der Waals surface area contributed by atoms with Gasteiger partial charge in [0.05, 0.1) is 25.9 Å². The lowest BCUT2D eigenvalue weighted by Crippen LogP contribution is -2.11. The zero-order valence-corrected chi connectivity index (χ0v) is 13.5. The van der Waals surface area contributed by atoms with Gasteiger partial charge in [-0.1, -0.05) is 12.2 Å². The number of nitrogen functional groups attached to an aromatic ring is 1. The third-order valence-corrected chi connectivity index (χ3v) is 4.52. The highest BCUT2D eigenvalue weighted by molar-refractivity contribution is 5.84. The summed E-state index contributed by atoms with van der Waals surface area (Å²) in [6.45, 7) is 0. The van der Waals surface area contributed by atoms with Crippen LogP contribution < -0.4 is 11.1 Å². The van der Waals surface area contributed by atoms with Crippen LogP contribution in [0.2, 0.25) is 0 Å². The number of carbonyl (C=O) groups excluding carboxylic acids is 1. The van der Waals surface area contributed by atoms with Crippen LogP contribution in [0.1, 0.15) is 31.7 Å². The van der Waals surface area contributed by atoms with Gasteiger partial charge in [0.2, 0.25) is 5.95 Å². The second kappa shape index (κ2) is 5.77. The third-order valence-electron chi connectivity index (χ3n) is 4.52. The highest BCUT2D eigenvalue weighted by Crippen LogP contribution is 2.34. The summed E-state index contributed by atoms with van der Waals surface area (Å²) in [5.74, 6) is 0.916. The largest absolute Gasteiger partial charge is 0.469 e. The Balaban J connectivity index is 1.60. The fourth-order valence-electron chi connectivity index (χ4n) is 3.11. The Hall–Kier alpha value is -2.64. The van der Waals surface area contributed by atoms with Crippen LogP contribution in [0.3, 0.4) is 0 Å². The molecular weight excluding hydrogens is 308 g/mol. The van der Waals surface area contributed by atoms with Gasteiger partial charge in [0.15, 0.2) is 17.0 Å². The van der Waals surface area contributed by atoms with Crippen LogP contribution >= 0.6 is 0 Å². The van der Waals surface area contributed by atoms with E-state index in [1.54, 1.807) is 6.33 Å². The monoisotopic (exact) mass is 328 g/mol. The number of anilines is 2. The summed E-state index contributed by atoms with van der Waals surface area (Å²) in [6.07, 6.45) is 9.41. The number of carbonyl (C=O) groups is 1. The molecule has 0 aromatic carbocycles. The molecule has 2 heterocycles. The molecule has 1 fully saturated rings. The zero-order valence-electron chi connectivity index (χ0n) is 13.5. The molecule has 24 heavy (non-hydrogen) atoms. The minimum Gasteiger partial charge on any atom is -0.469 e. The molecule has 3 N–H and O–H groups in total. The van der Waals surface area contributed by atoms with E-state index in [1.165, 1.54) is 7.11 Å². The van der Waals surface area contributed by atoms with Crippen molar-refractivity contribution in [3.63, 3.8) is 0 Å². The predicted molar refractivity (Wildman–Crippen MR) is 89.3 cm³/mol. The number of imidazole rings is 1. The lowest BCUT2D eigenvalue weighted by molar-refractivity contribution is -0.141. The molecule has 2 aromatic heterocycles. The molecule has 126 valence electrons. The number of fused-ring (bicyclic) bond motifs is 1. The summed E-state index contributed by atoms with van der Waals surface area (Å²) in [6, 6.07) is 0.566. The summed E-state index contributed by atoms with van der Waals surface area (Å²) in [5, 5.41) is 3.36. The molecule has 0 bridgehead atoms. The molecule has 0 radical (unpaired) electrons. The molecule has 8 heteroatoms. The topological polar surface area (TPSA) is 108 Å². The minimum absolute atomic E-state index is 0.104. The molecule has 0 saturated heterocycles. The first-order valence-electron chi connectivity index (χ1n) is 8.15. The van der Waals surface area contributed by atoms with Crippen LogP contribution in [0.25, 0.3) is 11.2 Å². The summed E-state index contributed by atoms with van der Waals surface area (Å²) in [7, 11) is 1.41. The molecule has 2 aliphatic rings. The van der Waals surface area contributed by atoms with E-state index >= 15 is 0 Å². The van der Waals surface area contributed by atoms with Crippen molar-refractivity contribution < 1.29 is 9.53 Å². The number of nitrogens with one attached hydrogen (secondary N) is 1. The predicted octanol–water partition coefficient (Wildman–Crippen LogP) is 1.66. The van der Waals surface area contributed by atoms with Crippen molar-refractivity contribution in [2.75, 3.05) is 18.2 Å². The van der Waals surface area contributed by atoms with Gasteiger partial charge in [-0.15, -0.1) is 0 Å². The number of hydrogen-bond donors (Lipinski definition) is 2. The molecule has 0 amide bonds. The molecule has 2 atom stereocenters. The van der Waals surface area contributed by atoms with Crippen molar-refractivity contribution in [1.29, 1.82) is 0 Å². The second-order valence-corrected chi connectivity index (χ2v) is 6.40. The van der Waals surface area contributed by atoms with Crippen LogP contribution in [0.5, 0.6) is 0 Å². The van der Waals surface area contributed by atoms with Crippen LogP contribution in [-0.4, -0.2) is 38.6 Å². The number of esters is 1. The summed E-state index contributed by atoms with van der Waals surface area (Å²) >= 11 is 0. The molecule has 2 aliphatic carbocycles. The van der Waals surface area contributed by atoms with Crippen LogP contribution in [-0.2, 0) is 9.53 Å². The molecule has 2 aromatic rings. The Morgan fingerprint density at radius 2 is 2.25 bits per heavy atom. The third kappa shape index (κ3) is 2.79. The SMILES string of the molecule is COC(=O)C[C@@H]1C=C[C@H](n2cnc3c(NC4CC4)nc(N)nc32)C1. The maximum absolute atomic E-state index is 11.5. The first kappa shape index (κ1) is 14.9. The van der Waals surface area contributed by atoms with Crippen LogP contribution in [0.15, 0.2) is 18.5 Å². The smallest absolute Gasteiger partial charge is 0.306 e. The van der Waals surface area contributed by atoms with E-state index in [0.29, 0.717) is 18.3 Å². The second-order valence-electron chi connectivity index (χ2n) is 6.40. The van der Waals surface area contributed by atoms with Gasteiger partial charge in [-0.25, -0.2) is 4.98 Å². The highest BCUT2D eigenvalue weighted by atomic mass is 16.5. The van der Waals surface area contributed by atoms with E-state index < -0.39 is 0 Å². The molecule has 8 nitrogen and oxygen atoms in total. The van der Waals surface area contributed by atoms with Crippen LogP contribution in [0.4, 0.5) is 11.8 Å². The standard InChI is InChI=1S/C16H20N6O2/c1-24-12(23)7-9-2-5-11(6-9)22-8-18-13-14(19-10-3-4-10)20-16(17)21-15(13)22/h2,5,8-11H,3-4,6-7H2,1H3,(H3,17,19,20,21)/t9-,11+/m1/s1. The van der Waals surface area contributed by atoms with E-state index in [-0.39, 0.29) is 23.9 Å². The van der Waals surface area contributed by atoms with Gasteiger partial charge in [0.25, 0.3) is 0 Å². The average Bonchev–Trinajstić information content (AvgIpc) is 3.08. The Bertz CT molecular complexity index is 810. The molecular formula is C16H20N6O2. The van der Waals surface area contributed by atoms with E-state index in [2.05, 4.69) is 32.4 Å². The van der Waals surface area contributed by atoms with Gasteiger partial charge in [0.1, 0.15) is 0 Å². The number of aromatic nitrogens is 4. The Morgan fingerprint density at radius 3 is 3.00 bits per heavy atom. The van der Waals surface area contributed by atoms with Crippen molar-refractivity contribution >= 4 is 28.9 Å². The van der Waals surface area contributed by atoms with E-state index in [1.807, 2.05) is 4.57 Å². The first-order chi connectivity index (χ1) is 11.6. The van der Waals surface area contributed by atoms with Crippen molar-refractivity contribution in [3.05, 3.63) is 18.5 Å². The highest BCUT2D eigenvalue weighted by Gasteiger charge is 2.27. The number of nitrogens with two attached hydrogens (primary N) is 1. The lowest BCUT2D eigenvalue weighted by atomic mass is 10.0.